The zero-order chi connectivity index (χ0) is 19.6. The maximum Gasteiger partial charge on any atom is 0.152 e. The van der Waals surface area contributed by atoms with E-state index in [1.807, 2.05) is 42.8 Å². The van der Waals surface area contributed by atoms with E-state index in [1.165, 1.54) is 11.1 Å². The van der Waals surface area contributed by atoms with Crippen molar-refractivity contribution in [3.63, 3.8) is 0 Å². The van der Waals surface area contributed by atoms with Crippen LogP contribution in [-0.4, -0.2) is 54.8 Å². The Labute approximate surface area is 162 Å². The molecule has 0 N–H and O–H groups in total. The van der Waals surface area contributed by atoms with Crippen molar-refractivity contribution in [3.8, 4) is 5.75 Å². The van der Waals surface area contributed by atoms with Crippen LogP contribution in [0.15, 0.2) is 24.3 Å². The van der Waals surface area contributed by atoms with Gasteiger partial charge in [0, 0.05) is 24.3 Å². The molecule has 0 amide bonds. The fourth-order valence-corrected chi connectivity index (χ4v) is 5.24. The molecule has 3 rings (SSSR count). The monoisotopic (exact) mass is 391 g/mol. The fourth-order valence-electron chi connectivity index (χ4n) is 3.55. The van der Waals surface area contributed by atoms with E-state index in [0.29, 0.717) is 13.0 Å². The van der Waals surface area contributed by atoms with Gasteiger partial charge in [-0.05, 0) is 46.4 Å². The van der Waals surface area contributed by atoms with Gasteiger partial charge in [-0.3, -0.25) is 9.58 Å². The largest absolute Gasteiger partial charge is 0.492 e. The molecular weight excluding hydrogens is 362 g/mol. The van der Waals surface area contributed by atoms with Crippen molar-refractivity contribution in [3.05, 3.63) is 46.8 Å². The van der Waals surface area contributed by atoms with Gasteiger partial charge >= 0.3 is 0 Å². The molecule has 1 aromatic heterocycles. The first-order chi connectivity index (χ1) is 12.7. The number of sulfone groups is 1. The van der Waals surface area contributed by atoms with Crippen LogP contribution in [0, 0.1) is 20.8 Å². The molecule has 2 aromatic rings. The van der Waals surface area contributed by atoms with Crippen LogP contribution in [0.3, 0.4) is 0 Å². The Hall–Kier alpha value is -1.86. The molecule has 148 valence electrons. The molecule has 1 saturated heterocycles. The molecule has 6 nitrogen and oxygen atoms in total. The van der Waals surface area contributed by atoms with Crippen molar-refractivity contribution in [2.24, 2.45) is 0 Å². The highest BCUT2D eigenvalue weighted by Crippen LogP contribution is 2.27. The molecule has 2 heterocycles. The highest BCUT2D eigenvalue weighted by molar-refractivity contribution is 7.91. The van der Waals surface area contributed by atoms with Gasteiger partial charge in [-0.2, -0.15) is 5.10 Å². The van der Waals surface area contributed by atoms with E-state index >= 15 is 0 Å². The molecule has 0 saturated carbocycles. The van der Waals surface area contributed by atoms with E-state index in [0.717, 1.165) is 30.2 Å². The number of hydrogen-bond donors (Lipinski definition) is 0. The lowest BCUT2D eigenvalue weighted by molar-refractivity contribution is 0.232. The Kier molecular flexibility index (Phi) is 5.91. The summed E-state index contributed by atoms with van der Waals surface area (Å²) in [4.78, 5) is 2.21. The van der Waals surface area contributed by atoms with E-state index in [2.05, 4.69) is 24.0 Å². The molecule has 0 bridgehead atoms. The lowest BCUT2D eigenvalue weighted by Gasteiger charge is -2.18. The highest BCUT2D eigenvalue weighted by Gasteiger charge is 2.31. The van der Waals surface area contributed by atoms with Crippen LogP contribution in [0.1, 0.15) is 35.0 Å². The highest BCUT2D eigenvalue weighted by atomic mass is 32.2. The second-order valence-electron chi connectivity index (χ2n) is 7.55. The summed E-state index contributed by atoms with van der Waals surface area (Å²) in [6.45, 7) is 8.29. The summed E-state index contributed by atoms with van der Waals surface area (Å²) in [7, 11) is -0.852. The van der Waals surface area contributed by atoms with E-state index in [9.17, 15) is 8.42 Å². The average molecular weight is 392 g/mol. The van der Waals surface area contributed by atoms with Gasteiger partial charge in [0.1, 0.15) is 12.4 Å². The van der Waals surface area contributed by atoms with E-state index < -0.39 is 9.84 Å². The first kappa shape index (κ1) is 19.9. The Morgan fingerprint density at radius 3 is 2.56 bits per heavy atom. The van der Waals surface area contributed by atoms with Crippen LogP contribution in [0.5, 0.6) is 5.75 Å². The van der Waals surface area contributed by atoms with Crippen molar-refractivity contribution in [1.29, 1.82) is 0 Å². The van der Waals surface area contributed by atoms with Crippen molar-refractivity contribution in [2.75, 3.05) is 31.7 Å². The standard InChI is InChI=1S/C20H29N3O3S/c1-15-5-7-19(8-6-15)26-11-10-22(4)13-20-16(2)21-23(17(20)3)18-9-12-27(24,25)14-18/h5-8,18H,9-14H2,1-4H3/t18-/m1/s1. The maximum absolute atomic E-state index is 11.8. The number of nitrogens with zero attached hydrogens (tertiary/aromatic N) is 3. The molecule has 1 aliphatic heterocycles. The summed E-state index contributed by atoms with van der Waals surface area (Å²) in [5, 5.41) is 4.64. The molecule has 0 aliphatic carbocycles. The minimum Gasteiger partial charge on any atom is -0.492 e. The van der Waals surface area contributed by atoms with Gasteiger partial charge in [-0.15, -0.1) is 0 Å². The molecule has 27 heavy (non-hydrogen) atoms. The number of aromatic nitrogens is 2. The molecule has 7 heteroatoms. The van der Waals surface area contributed by atoms with Gasteiger partial charge < -0.3 is 4.74 Å². The molecule has 1 atom stereocenters. The van der Waals surface area contributed by atoms with Gasteiger partial charge in [-0.1, -0.05) is 17.7 Å². The van der Waals surface area contributed by atoms with Crippen LogP contribution < -0.4 is 4.74 Å². The van der Waals surface area contributed by atoms with Crippen molar-refractivity contribution in [1.82, 2.24) is 14.7 Å². The molecule has 1 aromatic carbocycles. The summed E-state index contributed by atoms with van der Waals surface area (Å²) in [6.07, 6.45) is 0.657. The lowest BCUT2D eigenvalue weighted by atomic mass is 10.1. The van der Waals surface area contributed by atoms with Crippen molar-refractivity contribution in [2.45, 2.75) is 39.8 Å². The van der Waals surface area contributed by atoms with Crippen LogP contribution in [0.4, 0.5) is 0 Å². The van der Waals surface area contributed by atoms with Crippen LogP contribution in [-0.2, 0) is 16.4 Å². The maximum atomic E-state index is 11.8. The predicted octanol–water partition coefficient (Wildman–Crippen LogP) is 2.68. The predicted molar refractivity (Wildman–Crippen MR) is 107 cm³/mol. The second-order valence-corrected chi connectivity index (χ2v) is 9.78. The lowest BCUT2D eigenvalue weighted by Crippen LogP contribution is -2.24. The third-order valence-electron chi connectivity index (χ3n) is 5.22. The molecule has 0 radical (unpaired) electrons. The smallest absolute Gasteiger partial charge is 0.152 e. The normalized spacial score (nSPS) is 18.9. The van der Waals surface area contributed by atoms with E-state index in [1.54, 1.807) is 0 Å². The number of hydrogen-bond acceptors (Lipinski definition) is 5. The Balaban J connectivity index is 1.57. The number of likely N-dealkylation sites (N-methyl/N-ethyl adjacent to an activating group) is 1. The fraction of sp³-hybridized carbons (Fsp3) is 0.550. The third kappa shape index (κ3) is 4.90. The second kappa shape index (κ2) is 8.02. The Morgan fingerprint density at radius 1 is 1.22 bits per heavy atom. The first-order valence-electron chi connectivity index (χ1n) is 9.38. The van der Waals surface area contributed by atoms with E-state index in [4.69, 9.17) is 4.74 Å². The van der Waals surface area contributed by atoms with Crippen molar-refractivity contribution < 1.29 is 13.2 Å². The summed E-state index contributed by atoms with van der Waals surface area (Å²) < 4.78 is 31.3. The number of benzene rings is 1. The Bertz CT molecular complexity index is 888. The molecule has 1 fully saturated rings. The number of ether oxygens (including phenoxy) is 1. The quantitative estimate of drug-likeness (QED) is 0.726. The summed E-state index contributed by atoms with van der Waals surface area (Å²) in [6, 6.07) is 8.04. The van der Waals surface area contributed by atoms with E-state index in [-0.39, 0.29) is 17.5 Å². The van der Waals surface area contributed by atoms with Gasteiger partial charge in [0.2, 0.25) is 0 Å². The zero-order valence-corrected chi connectivity index (χ0v) is 17.4. The van der Waals surface area contributed by atoms with Gasteiger partial charge in [-0.25, -0.2) is 8.42 Å². The van der Waals surface area contributed by atoms with Crippen LogP contribution in [0.25, 0.3) is 0 Å². The summed E-state index contributed by atoms with van der Waals surface area (Å²) in [5.41, 5.74) is 4.44. The van der Waals surface area contributed by atoms with Crippen LogP contribution in [0.2, 0.25) is 0 Å². The number of rotatable bonds is 7. The topological polar surface area (TPSA) is 64.4 Å². The van der Waals surface area contributed by atoms with Gasteiger partial charge in [0.25, 0.3) is 0 Å². The zero-order valence-electron chi connectivity index (χ0n) is 16.6. The molecule has 0 unspecified atom stereocenters. The van der Waals surface area contributed by atoms with Gasteiger partial charge in [0.15, 0.2) is 9.84 Å². The SMILES string of the molecule is Cc1ccc(OCCN(C)Cc2c(C)nn([C@@H]3CCS(=O)(=O)C3)c2C)cc1. The third-order valence-corrected chi connectivity index (χ3v) is 6.97. The van der Waals surface area contributed by atoms with Crippen molar-refractivity contribution >= 4 is 9.84 Å². The average Bonchev–Trinajstić information content (AvgIpc) is 3.10. The summed E-state index contributed by atoms with van der Waals surface area (Å²) in [5.74, 6) is 1.35. The minimum absolute atomic E-state index is 0.0300. The van der Waals surface area contributed by atoms with Crippen LogP contribution >= 0.6 is 0 Å². The number of aryl methyl sites for hydroxylation is 2. The first-order valence-corrected chi connectivity index (χ1v) is 11.2. The molecule has 0 spiro atoms. The summed E-state index contributed by atoms with van der Waals surface area (Å²) >= 11 is 0. The minimum atomic E-state index is -2.92. The van der Waals surface area contributed by atoms with Gasteiger partial charge in [0.05, 0.1) is 23.2 Å². The molecule has 1 aliphatic rings. The Morgan fingerprint density at radius 2 is 1.93 bits per heavy atom. The molecular formula is C20H29N3O3S.